The van der Waals surface area contributed by atoms with Gasteiger partial charge in [0.25, 0.3) is 0 Å². The third-order valence-electron chi connectivity index (χ3n) is 2.63. The van der Waals surface area contributed by atoms with Gasteiger partial charge in [0.1, 0.15) is 11.6 Å². The van der Waals surface area contributed by atoms with Crippen LogP contribution in [0.15, 0.2) is 18.2 Å². The molecule has 1 aromatic rings. The third-order valence-corrected chi connectivity index (χ3v) is 2.63. The predicted molar refractivity (Wildman–Crippen MR) is 55.9 cm³/mol. The van der Waals surface area contributed by atoms with Crippen LogP contribution in [-0.2, 0) is 0 Å². The lowest BCUT2D eigenvalue weighted by atomic mass is 10.1. The van der Waals surface area contributed by atoms with Crippen LogP contribution in [0.5, 0.6) is 0 Å². The molecule has 2 rings (SSSR count). The highest BCUT2D eigenvalue weighted by molar-refractivity contribution is 5.45. The molecule has 0 atom stereocenters. The molecule has 82 valence electrons. The van der Waals surface area contributed by atoms with Gasteiger partial charge < -0.3 is 10.6 Å². The van der Waals surface area contributed by atoms with Crippen molar-refractivity contribution in [1.82, 2.24) is 5.32 Å². The molecule has 0 saturated carbocycles. The fraction of sp³-hybridized carbons (Fsp3) is 0.455. The summed E-state index contributed by atoms with van der Waals surface area (Å²) in [6, 6.07) is 3.72. The molecular weight excluding hydrogens is 198 g/mol. The number of benzene rings is 1. The van der Waals surface area contributed by atoms with Crippen LogP contribution in [0.3, 0.4) is 0 Å². The van der Waals surface area contributed by atoms with Crippen LogP contribution in [0.4, 0.5) is 14.5 Å². The smallest absolute Gasteiger partial charge is 0.146 e. The number of anilines is 1. The van der Waals surface area contributed by atoms with E-state index in [-0.39, 0.29) is 11.7 Å². The lowest BCUT2D eigenvalue weighted by molar-refractivity contribution is 0.476. The normalized spacial score (nSPS) is 17.7. The number of hydrogen-bond acceptors (Lipinski definition) is 2. The maximum absolute atomic E-state index is 13.3. The van der Waals surface area contributed by atoms with E-state index >= 15 is 0 Å². The van der Waals surface area contributed by atoms with E-state index in [9.17, 15) is 8.78 Å². The average Bonchev–Trinajstić information content (AvgIpc) is 2.25. The molecule has 0 bridgehead atoms. The molecule has 0 radical (unpaired) electrons. The van der Waals surface area contributed by atoms with Crippen LogP contribution in [0.2, 0.25) is 0 Å². The molecule has 4 heteroatoms. The number of nitrogens with one attached hydrogen (secondary N) is 2. The summed E-state index contributed by atoms with van der Waals surface area (Å²) in [6.45, 7) is 1.85. The summed E-state index contributed by atoms with van der Waals surface area (Å²) >= 11 is 0. The van der Waals surface area contributed by atoms with Gasteiger partial charge in [0.15, 0.2) is 0 Å². The van der Waals surface area contributed by atoms with Gasteiger partial charge in [0.2, 0.25) is 0 Å². The van der Waals surface area contributed by atoms with E-state index in [1.165, 1.54) is 6.07 Å². The highest BCUT2D eigenvalue weighted by Crippen LogP contribution is 2.18. The Labute approximate surface area is 87.7 Å². The van der Waals surface area contributed by atoms with Gasteiger partial charge in [0, 0.05) is 6.04 Å². The highest BCUT2D eigenvalue weighted by atomic mass is 19.1. The lowest BCUT2D eigenvalue weighted by Crippen LogP contribution is -2.35. The SMILES string of the molecule is Fc1ccc(F)c(NC2CCNCC2)c1. The van der Waals surface area contributed by atoms with E-state index in [1.807, 2.05) is 0 Å². The van der Waals surface area contributed by atoms with Crippen molar-refractivity contribution in [2.45, 2.75) is 18.9 Å². The van der Waals surface area contributed by atoms with Crippen LogP contribution in [0.1, 0.15) is 12.8 Å². The minimum atomic E-state index is -0.409. The van der Waals surface area contributed by atoms with Gasteiger partial charge in [-0.25, -0.2) is 8.78 Å². The summed E-state index contributed by atoms with van der Waals surface area (Å²) in [7, 11) is 0. The predicted octanol–water partition coefficient (Wildman–Crippen LogP) is 2.13. The van der Waals surface area contributed by atoms with Gasteiger partial charge in [-0.2, -0.15) is 0 Å². The quantitative estimate of drug-likeness (QED) is 0.784. The van der Waals surface area contributed by atoms with Crippen molar-refractivity contribution < 1.29 is 8.78 Å². The molecule has 0 aromatic heterocycles. The Morgan fingerprint density at radius 3 is 2.67 bits per heavy atom. The number of piperidine rings is 1. The molecule has 0 amide bonds. The average molecular weight is 212 g/mol. The van der Waals surface area contributed by atoms with E-state index in [0.717, 1.165) is 38.1 Å². The van der Waals surface area contributed by atoms with E-state index in [4.69, 9.17) is 0 Å². The standard InChI is InChI=1S/C11H14F2N2/c12-8-1-2-10(13)11(7-8)15-9-3-5-14-6-4-9/h1-2,7,9,14-15H,3-6H2. The third kappa shape index (κ3) is 2.65. The molecule has 0 aliphatic carbocycles. The second-order valence-corrected chi connectivity index (χ2v) is 3.79. The molecule has 1 fully saturated rings. The Morgan fingerprint density at radius 2 is 1.93 bits per heavy atom. The zero-order valence-corrected chi connectivity index (χ0v) is 8.39. The minimum absolute atomic E-state index is 0.238. The first-order valence-electron chi connectivity index (χ1n) is 5.18. The van der Waals surface area contributed by atoms with Crippen LogP contribution in [0.25, 0.3) is 0 Å². The van der Waals surface area contributed by atoms with E-state index in [0.29, 0.717) is 0 Å². The number of hydrogen-bond donors (Lipinski definition) is 2. The molecule has 15 heavy (non-hydrogen) atoms. The molecule has 0 unspecified atom stereocenters. The van der Waals surface area contributed by atoms with E-state index in [1.54, 1.807) is 0 Å². The maximum Gasteiger partial charge on any atom is 0.146 e. The molecule has 1 aliphatic heterocycles. The van der Waals surface area contributed by atoms with Crippen molar-refractivity contribution in [2.75, 3.05) is 18.4 Å². The van der Waals surface area contributed by atoms with Gasteiger partial charge >= 0.3 is 0 Å². The summed E-state index contributed by atoms with van der Waals surface area (Å²) in [4.78, 5) is 0. The summed E-state index contributed by atoms with van der Waals surface area (Å²) in [6.07, 6.45) is 1.88. The second-order valence-electron chi connectivity index (χ2n) is 3.79. The summed E-state index contributed by atoms with van der Waals surface area (Å²) in [5.74, 6) is -0.803. The fourth-order valence-corrected chi connectivity index (χ4v) is 1.79. The van der Waals surface area contributed by atoms with Crippen molar-refractivity contribution in [2.24, 2.45) is 0 Å². The topological polar surface area (TPSA) is 24.1 Å². The monoisotopic (exact) mass is 212 g/mol. The summed E-state index contributed by atoms with van der Waals surface area (Å²) in [5.41, 5.74) is 0.266. The molecule has 0 spiro atoms. The van der Waals surface area contributed by atoms with Gasteiger partial charge in [-0.1, -0.05) is 0 Å². The molecule has 1 saturated heterocycles. The van der Waals surface area contributed by atoms with Gasteiger partial charge in [-0.15, -0.1) is 0 Å². The Morgan fingerprint density at radius 1 is 1.20 bits per heavy atom. The van der Waals surface area contributed by atoms with E-state index in [2.05, 4.69) is 10.6 Å². The largest absolute Gasteiger partial charge is 0.380 e. The zero-order chi connectivity index (χ0) is 10.7. The van der Waals surface area contributed by atoms with Crippen molar-refractivity contribution in [3.05, 3.63) is 29.8 Å². The van der Waals surface area contributed by atoms with Crippen LogP contribution in [0, 0.1) is 11.6 Å². The summed E-state index contributed by atoms with van der Waals surface area (Å²) in [5, 5.41) is 6.25. The molecule has 1 aromatic carbocycles. The number of rotatable bonds is 2. The summed E-state index contributed by atoms with van der Waals surface area (Å²) < 4.78 is 26.2. The first-order valence-corrected chi connectivity index (χ1v) is 5.18. The fourth-order valence-electron chi connectivity index (χ4n) is 1.79. The number of halogens is 2. The lowest BCUT2D eigenvalue weighted by Gasteiger charge is -2.24. The Balaban J connectivity index is 2.05. The Kier molecular flexibility index (Phi) is 3.16. The first kappa shape index (κ1) is 10.4. The minimum Gasteiger partial charge on any atom is -0.380 e. The van der Waals surface area contributed by atoms with Crippen LogP contribution < -0.4 is 10.6 Å². The van der Waals surface area contributed by atoms with Crippen molar-refractivity contribution in [1.29, 1.82) is 0 Å². The molecule has 2 N–H and O–H groups in total. The van der Waals surface area contributed by atoms with Gasteiger partial charge in [-0.05, 0) is 44.1 Å². The highest BCUT2D eigenvalue weighted by Gasteiger charge is 2.14. The maximum atomic E-state index is 13.3. The molecule has 1 aliphatic rings. The van der Waals surface area contributed by atoms with Crippen molar-refractivity contribution >= 4 is 5.69 Å². The second kappa shape index (κ2) is 4.57. The van der Waals surface area contributed by atoms with Crippen molar-refractivity contribution in [3.8, 4) is 0 Å². The molecule has 2 nitrogen and oxygen atoms in total. The Bertz CT molecular complexity index is 335. The zero-order valence-electron chi connectivity index (χ0n) is 8.39. The Hall–Kier alpha value is -1.16. The molecule has 1 heterocycles. The van der Waals surface area contributed by atoms with Crippen LogP contribution >= 0.6 is 0 Å². The first-order chi connectivity index (χ1) is 7.25. The van der Waals surface area contributed by atoms with Gasteiger partial charge in [-0.3, -0.25) is 0 Å². The van der Waals surface area contributed by atoms with Crippen molar-refractivity contribution in [3.63, 3.8) is 0 Å². The van der Waals surface area contributed by atoms with E-state index < -0.39 is 11.6 Å². The van der Waals surface area contributed by atoms with Crippen LogP contribution in [-0.4, -0.2) is 19.1 Å². The molecular formula is C11H14F2N2. The van der Waals surface area contributed by atoms with Gasteiger partial charge in [0.05, 0.1) is 5.69 Å².